The highest BCUT2D eigenvalue weighted by molar-refractivity contribution is 5.92. The number of nitrogens with zero attached hydrogens (tertiary/aromatic N) is 3. The van der Waals surface area contributed by atoms with E-state index >= 15 is 0 Å². The van der Waals surface area contributed by atoms with Crippen LogP contribution >= 0.6 is 0 Å². The molecular weight excluding hydrogens is 322 g/mol. The number of hydrogen-bond donors (Lipinski definition) is 0. The van der Waals surface area contributed by atoms with Crippen LogP contribution in [-0.4, -0.2) is 12.3 Å². The van der Waals surface area contributed by atoms with E-state index in [2.05, 4.69) is 36.0 Å². The summed E-state index contributed by atoms with van der Waals surface area (Å²) in [5.74, 6) is 3.23. The van der Waals surface area contributed by atoms with Gasteiger partial charge in [-0.05, 0) is 96.6 Å². The average molecular weight is 354 g/mol. The summed E-state index contributed by atoms with van der Waals surface area (Å²) in [7, 11) is 0. The summed E-state index contributed by atoms with van der Waals surface area (Å²) in [4.78, 5) is 14.8. The van der Waals surface area contributed by atoms with Gasteiger partial charge in [-0.2, -0.15) is 0 Å². The van der Waals surface area contributed by atoms with E-state index in [4.69, 9.17) is 5.53 Å². The number of hydrogen-bond acceptors (Lipinski definition) is 2. The summed E-state index contributed by atoms with van der Waals surface area (Å²) >= 11 is 0. The van der Waals surface area contributed by atoms with Crippen LogP contribution in [0.5, 0.6) is 0 Å². The van der Waals surface area contributed by atoms with E-state index < -0.39 is 0 Å². The third kappa shape index (κ3) is 2.65. The van der Waals surface area contributed by atoms with Crippen molar-refractivity contribution >= 4 is 5.78 Å². The van der Waals surface area contributed by atoms with Crippen LogP contribution in [0.1, 0.15) is 65.2 Å². The van der Waals surface area contributed by atoms with Crippen LogP contribution in [0.15, 0.2) is 28.9 Å². The van der Waals surface area contributed by atoms with Crippen LogP contribution in [0.2, 0.25) is 0 Å². The molecule has 0 spiro atoms. The van der Waals surface area contributed by atoms with E-state index in [1.54, 1.807) is 0 Å². The van der Waals surface area contributed by atoms with Crippen molar-refractivity contribution in [3.05, 3.63) is 34.2 Å². The Morgan fingerprint density at radius 3 is 2.88 bits per heavy atom. The molecule has 0 aliphatic heterocycles. The molecule has 0 aromatic rings. The van der Waals surface area contributed by atoms with Crippen molar-refractivity contribution in [2.45, 2.75) is 65.2 Å². The van der Waals surface area contributed by atoms with Crippen LogP contribution < -0.4 is 0 Å². The Morgan fingerprint density at radius 2 is 2.08 bits per heavy atom. The normalized spacial score (nSPS) is 43.8. The molecule has 0 heterocycles. The number of rotatable bonds is 4. The summed E-state index contributed by atoms with van der Waals surface area (Å²) < 4.78 is 0. The molecule has 4 nitrogen and oxygen atoms in total. The van der Waals surface area contributed by atoms with Gasteiger partial charge < -0.3 is 0 Å². The molecule has 26 heavy (non-hydrogen) atoms. The van der Waals surface area contributed by atoms with Gasteiger partial charge in [-0.15, -0.1) is 0 Å². The van der Waals surface area contributed by atoms with Gasteiger partial charge in [-0.3, -0.25) is 4.79 Å². The van der Waals surface area contributed by atoms with Crippen LogP contribution in [-0.2, 0) is 4.79 Å². The molecule has 4 heteroatoms. The minimum Gasteiger partial charge on any atom is -0.295 e. The highest BCUT2D eigenvalue weighted by Crippen LogP contribution is 2.65. The van der Waals surface area contributed by atoms with Gasteiger partial charge >= 0.3 is 0 Å². The van der Waals surface area contributed by atoms with E-state index in [1.165, 1.54) is 37.7 Å². The molecule has 0 aromatic heterocycles. The molecule has 4 aliphatic rings. The molecule has 0 radical (unpaired) electrons. The van der Waals surface area contributed by atoms with Crippen molar-refractivity contribution in [3.8, 4) is 0 Å². The van der Waals surface area contributed by atoms with Crippen LogP contribution in [0, 0.1) is 34.5 Å². The second kappa shape index (κ2) is 6.56. The average Bonchev–Trinajstić information content (AvgIpc) is 2.96. The van der Waals surface area contributed by atoms with Gasteiger partial charge in [-0.1, -0.05) is 31.1 Å². The Morgan fingerprint density at radius 1 is 1.23 bits per heavy atom. The fourth-order valence-electron chi connectivity index (χ4n) is 7.03. The lowest BCUT2D eigenvalue weighted by molar-refractivity contribution is -0.116. The molecule has 0 amide bonds. The van der Waals surface area contributed by atoms with Crippen molar-refractivity contribution in [3.63, 3.8) is 0 Å². The third-order valence-corrected chi connectivity index (χ3v) is 8.59. The first-order valence-corrected chi connectivity index (χ1v) is 10.4. The van der Waals surface area contributed by atoms with E-state index in [0.717, 1.165) is 31.1 Å². The van der Waals surface area contributed by atoms with E-state index in [0.29, 0.717) is 29.6 Å². The van der Waals surface area contributed by atoms with Gasteiger partial charge in [0.25, 0.3) is 0 Å². The Hall–Kier alpha value is -1.54. The van der Waals surface area contributed by atoms with Crippen LogP contribution in [0.4, 0.5) is 0 Å². The fourth-order valence-corrected chi connectivity index (χ4v) is 7.03. The first-order chi connectivity index (χ1) is 12.5. The van der Waals surface area contributed by atoms with Gasteiger partial charge in [-0.25, -0.2) is 0 Å². The molecule has 0 unspecified atom stereocenters. The summed E-state index contributed by atoms with van der Waals surface area (Å²) in [6, 6.07) is 0. The quantitative estimate of drug-likeness (QED) is 0.264. The molecule has 2 fully saturated rings. The van der Waals surface area contributed by atoms with Gasteiger partial charge in [0.2, 0.25) is 0 Å². The minimum atomic E-state index is 0.203. The third-order valence-electron chi connectivity index (χ3n) is 8.59. The predicted octanol–water partition coefficient (Wildman–Crippen LogP) is 6.00. The van der Waals surface area contributed by atoms with Crippen LogP contribution in [0.3, 0.4) is 0 Å². The maximum absolute atomic E-state index is 11.9. The SMILES string of the molecule is C[C@]12CC[C@H]3[C@@H](C=CC4=CC(=O)CC[C@@]43C)[C@@H]1CC[C@@H]2CCCN=[N+]=[N-]. The molecule has 0 saturated heterocycles. The molecule has 6 atom stereocenters. The maximum atomic E-state index is 11.9. The number of ketones is 1. The molecule has 0 bridgehead atoms. The monoisotopic (exact) mass is 353 g/mol. The summed E-state index contributed by atoms with van der Waals surface area (Å²) in [5, 5.41) is 3.72. The van der Waals surface area contributed by atoms with Gasteiger partial charge in [0.05, 0.1) is 0 Å². The second-order valence-corrected chi connectivity index (χ2v) is 9.55. The largest absolute Gasteiger partial charge is 0.295 e. The molecular formula is C22H31N3O. The van der Waals surface area contributed by atoms with Crippen molar-refractivity contribution < 1.29 is 4.79 Å². The lowest BCUT2D eigenvalue weighted by atomic mass is 9.48. The van der Waals surface area contributed by atoms with Gasteiger partial charge in [0.1, 0.15) is 0 Å². The van der Waals surface area contributed by atoms with Crippen LogP contribution in [0.25, 0.3) is 10.4 Å². The van der Waals surface area contributed by atoms with Crippen molar-refractivity contribution in [1.82, 2.24) is 0 Å². The van der Waals surface area contributed by atoms with E-state index in [1.807, 2.05) is 6.08 Å². The zero-order valence-electron chi connectivity index (χ0n) is 16.2. The van der Waals surface area contributed by atoms with E-state index in [9.17, 15) is 4.79 Å². The van der Waals surface area contributed by atoms with E-state index in [-0.39, 0.29) is 5.41 Å². The Balaban J connectivity index is 1.56. The van der Waals surface area contributed by atoms with Crippen molar-refractivity contribution in [1.29, 1.82) is 0 Å². The van der Waals surface area contributed by atoms with Crippen molar-refractivity contribution in [2.24, 2.45) is 39.6 Å². The molecule has 4 aliphatic carbocycles. The first-order valence-electron chi connectivity index (χ1n) is 10.4. The highest BCUT2D eigenvalue weighted by atomic mass is 16.1. The lowest BCUT2D eigenvalue weighted by Gasteiger charge is -2.56. The smallest absolute Gasteiger partial charge is 0.156 e. The Labute approximate surface area is 156 Å². The number of azide groups is 1. The Kier molecular flexibility index (Phi) is 4.51. The molecule has 140 valence electrons. The zero-order chi connectivity index (χ0) is 18.4. The number of fused-ring (bicyclic) bond motifs is 5. The zero-order valence-corrected chi connectivity index (χ0v) is 16.2. The summed E-state index contributed by atoms with van der Waals surface area (Å²) in [6.07, 6.45) is 15.9. The standard InChI is InChI=1S/C22H31N3O/c1-21-12-10-20-18(7-5-16-14-17(26)9-11-22(16,20)2)19(21)8-6-15(21)4-3-13-24-25-23/h5,7,14-15,18-20H,3-4,6,8-13H2,1-2H3/t15-,18-,19-,20-,21+,22-/m0/s1. The maximum Gasteiger partial charge on any atom is 0.156 e. The van der Waals surface area contributed by atoms with Crippen molar-refractivity contribution in [2.75, 3.05) is 6.54 Å². The predicted molar refractivity (Wildman–Crippen MR) is 103 cm³/mol. The molecule has 2 saturated carbocycles. The first kappa shape index (κ1) is 17.9. The Bertz CT molecular complexity index is 704. The minimum absolute atomic E-state index is 0.203. The number of carbonyl (C=O) groups is 1. The number of carbonyl (C=O) groups excluding carboxylic acids is 1. The molecule has 4 rings (SSSR count). The molecule has 0 aromatic carbocycles. The second-order valence-electron chi connectivity index (χ2n) is 9.55. The summed E-state index contributed by atoms with van der Waals surface area (Å²) in [5.41, 5.74) is 10.4. The van der Waals surface area contributed by atoms with Gasteiger partial charge in [0, 0.05) is 17.9 Å². The molecule has 0 N–H and O–H groups in total. The number of allylic oxidation sites excluding steroid dienone is 4. The summed E-state index contributed by atoms with van der Waals surface area (Å²) in [6.45, 7) is 5.59. The highest BCUT2D eigenvalue weighted by Gasteiger charge is 2.57. The van der Waals surface area contributed by atoms with Gasteiger partial charge in [0.15, 0.2) is 5.78 Å². The lowest BCUT2D eigenvalue weighted by Crippen LogP contribution is -2.48. The fraction of sp³-hybridized carbons (Fsp3) is 0.773. The topological polar surface area (TPSA) is 65.8 Å².